The molecule has 0 aliphatic carbocycles. The molecule has 0 aromatic heterocycles. The standard InChI is InChI=1S/C31H24N2O5/c34-29-28(19-24-12-7-13-27(18-24)38-21-23-10-5-2-6-11-23)30(35)33(31(36)32-29)25-14-16-26(17-15-25)37-20-22-8-3-1-4-9-22/h1-19H,20-21H2,(H,32,34,36)/b28-19-. The van der Waals surface area contributed by atoms with E-state index in [-0.39, 0.29) is 5.57 Å². The highest BCUT2D eigenvalue weighted by atomic mass is 16.5. The fourth-order valence-electron chi connectivity index (χ4n) is 3.93. The van der Waals surface area contributed by atoms with Gasteiger partial charge < -0.3 is 9.47 Å². The molecular weight excluding hydrogens is 480 g/mol. The van der Waals surface area contributed by atoms with Gasteiger partial charge in [-0.25, -0.2) is 9.69 Å². The van der Waals surface area contributed by atoms with Gasteiger partial charge >= 0.3 is 6.03 Å². The van der Waals surface area contributed by atoms with Gasteiger partial charge in [-0.3, -0.25) is 14.9 Å². The number of urea groups is 1. The molecule has 0 spiro atoms. The Morgan fingerprint density at radius 2 is 1.26 bits per heavy atom. The second-order valence-electron chi connectivity index (χ2n) is 8.57. The van der Waals surface area contributed by atoms with E-state index < -0.39 is 17.8 Å². The number of carbonyl (C=O) groups excluding carboxylic acids is 3. The van der Waals surface area contributed by atoms with E-state index in [1.807, 2.05) is 60.7 Å². The zero-order chi connectivity index (χ0) is 26.3. The van der Waals surface area contributed by atoms with Gasteiger partial charge in [0.25, 0.3) is 11.8 Å². The molecule has 0 saturated carbocycles. The Labute approximate surface area is 219 Å². The fraction of sp³-hybridized carbons (Fsp3) is 0.0645. The summed E-state index contributed by atoms with van der Waals surface area (Å²) in [6, 6.07) is 32.2. The van der Waals surface area contributed by atoms with E-state index in [0.717, 1.165) is 16.0 Å². The van der Waals surface area contributed by atoms with Crippen molar-refractivity contribution < 1.29 is 23.9 Å². The number of hydrogen-bond acceptors (Lipinski definition) is 5. The number of rotatable bonds is 8. The average molecular weight is 505 g/mol. The van der Waals surface area contributed by atoms with Gasteiger partial charge in [0, 0.05) is 0 Å². The summed E-state index contributed by atoms with van der Waals surface area (Å²) in [6.45, 7) is 0.770. The molecule has 1 N–H and O–H groups in total. The predicted octanol–water partition coefficient (Wildman–Crippen LogP) is 5.51. The summed E-state index contributed by atoms with van der Waals surface area (Å²) in [7, 11) is 0. The van der Waals surface area contributed by atoms with Crippen molar-refractivity contribution in [3.63, 3.8) is 0 Å². The molecule has 7 heteroatoms. The van der Waals surface area contributed by atoms with Gasteiger partial charge in [-0.2, -0.15) is 0 Å². The number of benzene rings is 4. The van der Waals surface area contributed by atoms with E-state index in [1.165, 1.54) is 6.08 Å². The Balaban J connectivity index is 1.30. The average Bonchev–Trinajstić information content (AvgIpc) is 2.95. The van der Waals surface area contributed by atoms with E-state index >= 15 is 0 Å². The molecule has 0 bridgehead atoms. The highest BCUT2D eigenvalue weighted by Crippen LogP contribution is 2.25. The Kier molecular flexibility index (Phi) is 7.27. The molecule has 1 aliphatic heterocycles. The molecule has 1 heterocycles. The second kappa shape index (κ2) is 11.3. The maximum Gasteiger partial charge on any atom is 0.335 e. The van der Waals surface area contributed by atoms with Crippen LogP contribution in [0.3, 0.4) is 0 Å². The first kappa shape index (κ1) is 24.5. The van der Waals surface area contributed by atoms with Crippen LogP contribution in [-0.2, 0) is 22.8 Å². The van der Waals surface area contributed by atoms with Crippen LogP contribution in [0.15, 0.2) is 115 Å². The van der Waals surface area contributed by atoms with Gasteiger partial charge in [-0.15, -0.1) is 0 Å². The first-order chi connectivity index (χ1) is 18.6. The quantitative estimate of drug-likeness (QED) is 0.253. The number of carbonyl (C=O) groups is 3. The lowest BCUT2D eigenvalue weighted by Gasteiger charge is -2.26. The number of nitrogens with one attached hydrogen (secondary N) is 1. The highest BCUT2D eigenvalue weighted by molar-refractivity contribution is 6.39. The lowest BCUT2D eigenvalue weighted by molar-refractivity contribution is -0.122. The zero-order valence-corrected chi connectivity index (χ0v) is 20.4. The lowest BCUT2D eigenvalue weighted by atomic mass is 10.1. The maximum absolute atomic E-state index is 13.3. The molecule has 0 radical (unpaired) electrons. The molecule has 0 unspecified atom stereocenters. The molecular formula is C31H24N2O5. The number of imide groups is 2. The summed E-state index contributed by atoms with van der Waals surface area (Å²) in [4.78, 5) is 39.3. The van der Waals surface area contributed by atoms with Crippen LogP contribution in [0.4, 0.5) is 10.5 Å². The molecule has 7 nitrogen and oxygen atoms in total. The van der Waals surface area contributed by atoms with Crippen LogP contribution in [0.1, 0.15) is 16.7 Å². The van der Waals surface area contributed by atoms with Crippen molar-refractivity contribution in [2.75, 3.05) is 4.90 Å². The first-order valence-corrected chi connectivity index (χ1v) is 12.0. The molecule has 38 heavy (non-hydrogen) atoms. The molecule has 5 rings (SSSR count). The smallest absolute Gasteiger partial charge is 0.335 e. The van der Waals surface area contributed by atoms with Crippen molar-refractivity contribution in [2.45, 2.75) is 13.2 Å². The summed E-state index contributed by atoms with van der Waals surface area (Å²) >= 11 is 0. The normalized spacial score (nSPS) is 14.4. The van der Waals surface area contributed by atoms with Gasteiger partial charge in [0.1, 0.15) is 30.3 Å². The van der Waals surface area contributed by atoms with Crippen LogP contribution in [0.2, 0.25) is 0 Å². The number of amides is 4. The van der Waals surface area contributed by atoms with Crippen LogP contribution in [-0.4, -0.2) is 17.8 Å². The summed E-state index contributed by atoms with van der Waals surface area (Å²) in [5.74, 6) is -0.297. The van der Waals surface area contributed by atoms with Gasteiger partial charge in [-0.05, 0) is 59.2 Å². The Morgan fingerprint density at radius 3 is 1.89 bits per heavy atom. The third-order valence-corrected chi connectivity index (χ3v) is 5.86. The van der Waals surface area contributed by atoms with Crippen molar-refractivity contribution in [3.8, 4) is 11.5 Å². The minimum atomic E-state index is -0.810. The SMILES string of the molecule is O=C1NC(=O)N(c2ccc(OCc3ccccc3)cc2)C(=O)/C1=C\c1cccc(OCc2ccccc2)c1. The fourth-order valence-corrected chi connectivity index (χ4v) is 3.93. The molecule has 1 saturated heterocycles. The van der Waals surface area contributed by atoms with Crippen LogP contribution < -0.4 is 19.7 Å². The van der Waals surface area contributed by atoms with Crippen molar-refractivity contribution in [1.82, 2.24) is 5.32 Å². The number of barbiturate groups is 1. The van der Waals surface area contributed by atoms with Gasteiger partial charge in [0.15, 0.2) is 0 Å². The van der Waals surface area contributed by atoms with Gasteiger partial charge in [-0.1, -0.05) is 72.8 Å². The largest absolute Gasteiger partial charge is 0.489 e. The van der Waals surface area contributed by atoms with E-state index in [0.29, 0.717) is 36.0 Å². The van der Waals surface area contributed by atoms with Crippen molar-refractivity contribution in [1.29, 1.82) is 0 Å². The van der Waals surface area contributed by atoms with Gasteiger partial charge in [0.2, 0.25) is 0 Å². The first-order valence-electron chi connectivity index (χ1n) is 12.0. The van der Waals surface area contributed by atoms with Crippen LogP contribution in [0.5, 0.6) is 11.5 Å². The van der Waals surface area contributed by atoms with Crippen molar-refractivity contribution in [3.05, 3.63) is 131 Å². The van der Waals surface area contributed by atoms with Crippen LogP contribution in [0.25, 0.3) is 6.08 Å². The molecule has 188 valence electrons. The van der Waals surface area contributed by atoms with Crippen molar-refractivity contribution >= 4 is 29.6 Å². The Hall–Kier alpha value is -5.17. The predicted molar refractivity (Wildman–Crippen MR) is 143 cm³/mol. The van der Waals surface area contributed by atoms with Gasteiger partial charge in [0.05, 0.1) is 5.69 Å². The Morgan fingerprint density at radius 1 is 0.658 bits per heavy atom. The number of nitrogens with zero attached hydrogens (tertiary/aromatic N) is 1. The van der Waals surface area contributed by atoms with Crippen molar-refractivity contribution in [2.24, 2.45) is 0 Å². The minimum Gasteiger partial charge on any atom is -0.489 e. The topological polar surface area (TPSA) is 84.9 Å². The Bertz CT molecular complexity index is 1480. The van der Waals surface area contributed by atoms with E-state index in [1.54, 1.807) is 48.5 Å². The maximum atomic E-state index is 13.3. The zero-order valence-electron chi connectivity index (χ0n) is 20.4. The van der Waals surface area contributed by atoms with Crippen LogP contribution >= 0.6 is 0 Å². The summed E-state index contributed by atoms with van der Waals surface area (Å²) < 4.78 is 11.6. The lowest BCUT2D eigenvalue weighted by Crippen LogP contribution is -2.54. The molecule has 1 aliphatic rings. The van der Waals surface area contributed by atoms with Crippen LogP contribution in [0, 0.1) is 0 Å². The summed E-state index contributed by atoms with van der Waals surface area (Å²) in [5, 5.41) is 2.25. The summed E-state index contributed by atoms with van der Waals surface area (Å²) in [5.41, 5.74) is 2.79. The third kappa shape index (κ3) is 5.79. The monoisotopic (exact) mass is 504 g/mol. The third-order valence-electron chi connectivity index (χ3n) is 5.86. The minimum absolute atomic E-state index is 0.158. The summed E-state index contributed by atoms with van der Waals surface area (Å²) in [6.07, 6.45) is 1.45. The van der Waals surface area contributed by atoms with E-state index in [2.05, 4.69) is 5.32 Å². The highest BCUT2D eigenvalue weighted by Gasteiger charge is 2.36. The number of ether oxygens (including phenoxy) is 2. The molecule has 4 aromatic carbocycles. The van der Waals surface area contributed by atoms with E-state index in [9.17, 15) is 14.4 Å². The molecule has 4 aromatic rings. The molecule has 0 atom stereocenters. The molecule has 1 fully saturated rings. The second-order valence-corrected chi connectivity index (χ2v) is 8.57. The van der Waals surface area contributed by atoms with E-state index in [4.69, 9.17) is 9.47 Å². The molecule has 4 amide bonds. The number of anilines is 1. The number of hydrogen-bond donors (Lipinski definition) is 1.